The smallest absolute Gasteiger partial charge is 0.379 e. The Kier molecular flexibility index (Phi) is 7.31. The maximum atomic E-state index is 13.8. The number of carbonyl (C=O) groups excluding carboxylic acids is 1. The first-order valence-electron chi connectivity index (χ1n) is 12.7. The lowest BCUT2D eigenvalue weighted by atomic mass is 9.80. The summed E-state index contributed by atoms with van der Waals surface area (Å²) in [5, 5.41) is 10.9. The molecule has 4 aliphatic rings. The van der Waals surface area contributed by atoms with Gasteiger partial charge in [0.2, 0.25) is 12.3 Å². The zero-order valence-electron chi connectivity index (χ0n) is 20.6. The van der Waals surface area contributed by atoms with Gasteiger partial charge in [0.1, 0.15) is 0 Å². The van der Waals surface area contributed by atoms with Crippen LogP contribution in [0.4, 0.5) is 27.8 Å². The summed E-state index contributed by atoms with van der Waals surface area (Å²) in [7, 11) is 1.62. The molecule has 8 nitrogen and oxygen atoms in total. The van der Waals surface area contributed by atoms with Crippen LogP contribution in [0.5, 0.6) is 0 Å². The number of likely N-dealkylation sites (tertiary alicyclic amines) is 1. The number of hydrogen-bond acceptors (Lipinski definition) is 7. The predicted molar refractivity (Wildman–Crippen MR) is 122 cm³/mol. The Morgan fingerprint density at radius 3 is 2.78 bits per heavy atom. The fourth-order valence-corrected chi connectivity index (χ4v) is 6.62. The van der Waals surface area contributed by atoms with Crippen molar-refractivity contribution in [2.75, 3.05) is 38.3 Å². The third-order valence-corrected chi connectivity index (χ3v) is 8.43. The lowest BCUT2D eigenvalue weighted by Crippen LogP contribution is -2.54. The monoisotopic (exact) mass is 533 g/mol. The molecule has 4 heterocycles. The van der Waals surface area contributed by atoms with Crippen molar-refractivity contribution in [1.82, 2.24) is 20.4 Å². The highest BCUT2D eigenvalue weighted by atomic mass is 19.4. The molecule has 1 amide bonds. The molecular weight excluding hydrogens is 501 g/mol. The van der Waals surface area contributed by atoms with Crippen LogP contribution in [0, 0.1) is 5.41 Å². The van der Waals surface area contributed by atoms with Crippen LogP contribution < -0.4 is 10.2 Å². The maximum Gasteiger partial charge on any atom is 0.418 e. The van der Waals surface area contributed by atoms with Gasteiger partial charge in [-0.2, -0.15) is 18.3 Å². The third-order valence-electron chi connectivity index (χ3n) is 8.43. The topological polar surface area (TPSA) is 79.8 Å². The second kappa shape index (κ2) is 10.2. The minimum Gasteiger partial charge on any atom is -0.379 e. The highest BCUT2D eigenvalue weighted by molar-refractivity contribution is 5.84. The summed E-state index contributed by atoms with van der Waals surface area (Å²) in [6.07, 6.45) is -4.49. The van der Waals surface area contributed by atoms with Gasteiger partial charge in [-0.25, -0.2) is 8.78 Å². The summed E-state index contributed by atoms with van der Waals surface area (Å²) < 4.78 is 77.9. The van der Waals surface area contributed by atoms with Gasteiger partial charge in [-0.05, 0) is 38.2 Å². The van der Waals surface area contributed by atoms with E-state index in [1.807, 2.05) is 0 Å². The second-order valence-corrected chi connectivity index (χ2v) is 10.7. The summed E-state index contributed by atoms with van der Waals surface area (Å²) in [6.45, 7) is 1.63. The van der Waals surface area contributed by atoms with E-state index in [1.54, 1.807) is 16.9 Å². The van der Waals surface area contributed by atoms with E-state index < -0.39 is 30.0 Å². The van der Waals surface area contributed by atoms with E-state index in [2.05, 4.69) is 15.5 Å². The van der Waals surface area contributed by atoms with E-state index in [-0.39, 0.29) is 48.5 Å². The molecule has 0 radical (unpaired) electrons. The molecule has 6 atom stereocenters. The normalized spacial score (nSPS) is 34.1. The van der Waals surface area contributed by atoms with E-state index >= 15 is 0 Å². The molecule has 1 N–H and O–H groups in total. The van der Waals surface area contributed by atoms with Gasteiger partial charge in [-0.1, -0.05) is 0 Å². The van der Waals surface area contributed by atoms with E-state index in [9.17, 15) is 26.7 Å². The number of amides is 1. The first-order valence-corrected chi connectivity index (χ1v) is 12.7. The van der Waals surface area contributed by atoms with Gasteiger partial charge in [-0.3, -0.25) is 4.79 Å². The number of halogens is 5. The number of fused-ring (bicyclic) bond motifs is 2. The molecule has 13 heteroatoms. The first-order chi connectivity index (χ1) is 17.6. The van der Waals surface area contributed by atoms with Crippen LogP contribution in [-0.2, 0) is 20.4 Å². The Morgan fingerprint density at radius 1 is 1.30 bits per heavy atom. The molecule has 1 saturated carbocycles. The number of piperazine rings is 1. The second-order valence-electron chi connectivity index (χ2n) is 10.7. The van der Waals surface area contributed by atoms with Crippen molar-refractivity contribution < 1.29 is 36.2 Å². The largest absolute Gasteiger partial charge is 0.418 e. The first kappa shape index (κ1) is 26.5. The van der Waals surface area contributed by atoms with Gasteiger partial charge >= 0.3 is 6.18 Å². The van der Waals surface area contributed by atoms with Crippen LogP contribution in [0.2, 0.25) is 0 Å². The number of carbonyl (C=O) groups is 1. The van der Waals surface area contributed by atoms with Gasteiger partial charge in [-0.15, -0.1) is 5.10 Å². The molecule has 2 bridgehead atoms. The Hall–Kier alpha value is -2.12. The van der Waals surface area contributed by atoms with Gasteiger partial charge in [0.05, 0.1) is 42.0 Å². The molecule has 206 valence electrons. The van der Waals surface area contributed by atoms with Crippen molar-refractivity contribution in [1.29, 1.82) is 0 Å². The van der Waals surface area contributed by atoms with Gasteiger partial charge < -0.3 is 24.6 Å². The minimum atomic E-state index is -4.53. The number of anilines is 1. The molecule has 0 aromatic carbocycles. The lowest BCUT2D eigenvalue weighted by Gasteiger charge is -2.40. The Labute approximate surface area is 211 Å². The maximum absolute atomic E-state index is 13.8. The van der Waals surface area contributed by atoms with Crippen LogP contribution >= 0.6 is 0 Å². The van der Waals surface area contributed by atoms with Crippen molar-refractivity contribution in [3.8, 4) is 0 Å². The quantitative estimate of drug-likeness (QED) is 0.540. The van der Waals surface area contributed by atoms with Crippen LogP contribution in [0.1, 0.15) is 44.1 Å². The van der Waals surface area contributed by atoms with Crippen molar-refractivity contribution in [2.45, 2.75) is 81.4 Å². The van der Waals surface area contributed by atoms with E-state index in [0.717, 1.165) is 12.5 Å². The summed E-state index contributed by atoms with van der Waals surface area (Å²) in [5.41, 5.74) is -2.04. The summed E-state index contributed by atoms with van der Waals surface area (Å²) in [6, 6.07) is 0.431. The zero-order valence-corrected chi connectivity index (χ0v) is 20.6. The highest BCUT2D eigenvalue weighted by Crippen LogP contribution is 2.47. The number of nitrogens with zero attached hydrogens (tertiary/aromatic N) is 4. The fourth-order valence-electron chi connectivity index (χ4n) is 6.62. The third kappa shape index (κ3) is 5.26. The van der Waals surface area contributed by atoms with Crippen LogP contribution in [0.25, 0.3) is 0 Å². The lowest BCUT2D eigenvalue weighted by molar-refractivity contribution is -0.146. The molecule has 1 aromatic rings. The van der Waals surface area contributed by atoms with E-state index in [1.165, 1.54) is 0 Å². The fraction of sp³-hybridized carbons (Fsp3) is 0.792. The number of ether oxygens (including phenoxy) is 2. The number of rotatable bonds is 7. The van der Waals surface area contributed by atoms with Gasteiger partial charge in [0.25, 0.3) is 0 Å². The molecule has 1 aliphatic carbocycles. The summed E-state index contributed by atoms with van der Waals surface area (Å²) in [5.74, 6) is -0.152. The Balaban J connectivity index is 1.27. The molecule has 1 aromatic heterocycles. The van der Waals surface area contributed by atoms with Gasteiger partial charge in [0.15, 0.2) is 5.82 Å². The van der Waals surface area contributed by atoms with Crippen LogP contribution in [0.15, 0.2) is 12.3 Å². The van der Waals surface area contributed by atoms with Crippen molar-refractivity contribution >= 4 is 11.7 Å². The molecule has 0 unspecified atom stereocenters. The average Bonchev–Trinajstić information content (AvgIpc) is 3.58. The number of alkyl halides is 5. The van der Waals surface area contributed by atoms with E-state index in [0.29, 0.717) is 51.6 Å². The standard InChI is InChI=1S/C24H32F5N5O3/c1-36-19-13-37-5-3-18(19)31-15-2-4-23(8-15,9-20(25)26)22(35)34-12-16-7-17(34)11-33(16)21-6-14(10-30-32-21)24(27,28)29/h6,10,15-20,31H,2-5,7-9,11-13H2,1H3/t15-,16+,17+,18+,19-,23+/m1/s1. The summed E-state index contributed by atoms with van der Waals surface area (Å²) >= 11 is 0. The molecule has 4 fully saturated rings. The average molecular weight is 534 g/mol. The number of aromatic nitrogens is 2. The molecule has 3 aliphatic heterocycles. The predicted octanol–water partition coefficient (Wildman–Crippen LogP) is 2.87. The Morgan fingerprint density at radius 2 is 2.11 bits per heavy atom. The SMILES string of the molecule is CO[C@@H]1COCC[C@@H]1N[C@@H]1CC[C@](CC(F)F)(C(=O)N2C[C@@H]3C[C@H]2CN3c2cc(C(F)(F)F)cnn2)C1. The number of nitrogens with one attached hydrogen (secondary N) is 1. The van der Waals surface area contributed by atoms with Crippen LogP contribution in [0.3, 0.4) is 0 Å². The zero-order chi connectivity index (χ0) is 26.4. The number of methoxy groups -OCH3 is 1. The highest BCUT2D eigenvalue weighted by Gasteiger charge is 2.54. The number of hydrogen-bond donors (Lipinski definition) is 1. The van der Waals surface area contributed by atoms with Crippen molar-refractivity contribution in [3.05, 3.63) is 17.8 Å². The molecular formula is C24H32F5N5O3. The molecule has 5 rings (SSSR count). The van der Waals surface area contributed by atoms with Crippen molar-refractivity contribution in [3.63, 3.8) is 0 Å². The van der Waals surface area contributed by atoms with Crippen LogP contribution in [-0.4, -0.2) is 91.1 Å². The molecule has 0 spiro atoms. The minimum absolute atomic E-state index is 0.0335. The Bertz CT molecular complexity index is 984. The van der Waals surface area contributed by atoms with Gasteiger partial charge in [0, 0.05) is 45.3 Å². The molecule has 3 saturated heterocycles. The van der Waals surface area contributed by atoms with E-state index in [4.69, 9.17) is 9.47 Å². The molecule has 37 heavy (non-hydrogen) atoms. The van der Waals surface area contributed by atoms with Crippen molar-refractivity contribution in [2.24, 2.45) is 5.41 Å². The summed E-state index contributed by atoms with van der Waals surface area (Å²) in [4.78, 5) is 17.2.